The molecular weight excluding hydrogens is 258 g/mol. The maximum absolute atomic E-state index is 6.47. The van der Waals surface area contributed by atoms with Crippen LogP contribution in [0.5, 0.6) is 0 Å². The lowest BCUT2D eigenvalue weighted by Crippen LogP contribution is -2.43. The molecule has 2 unspecified atom stereocenters. The molecule has 0 bridgehead atoms. The van der Waals surface area contributed by atoms with Crippen molar-refractivity contribution < 1.29 is 0 Å². The van der Waals surface area contributed by atoms with Crippen molar-refractivity contribution in [1.82, 2.24) is 9.80 Å². The van der Waals surface area contributed by atoms with E-state index in [1.807, 2.05) is 0 Å². The molecule has 3 heteroatoms. The van der Waals surface area contributed by atoms with Gasteiger partial charge in [-0.1, -0.05) is 43.7 Å². The third-order valence-corrected chi connectivity index (χ3v) is 4.03. The normalized spacial score (nSPS) is 14.7. The molecule has 2 atom stereocenters. The van der Waals surface area contributed by atoms with Crippen LogP contribution in [-0.2, 0) is 0 Å². The van der Waals surface area contributed by atoms with Gasteiger partial charge in [0, 0.05) is 25.2 Å². The van der Waals surface area contributed by atoms with Gasteiger partial charge in [0.2, 0.25) is 0 Å². The second-order valence-corrected chi connectivity index (χ2v) is 6.27. The SMILES string of the molecule is CCCN(CCN(C)C)C(c1ccc(C)cc1)C(N)CC. The van der Waals surface area contributed by atoms with Crippen LogP contribution in [0.1, 0.15) is 43.9 Å². The topological polar surface area (TPSA) is 32.5 Å². The zero-order valence-electron chi connectivity index (χ0n) is 14.5. The lowest BCUT2D eigenvalue weighted by Gasteiger charge is -2.36. The van der Waals surface area contributed by atoms with Gasteiger partial charge in [-0.3, -0.25) is 4.90 Å². The van der Waals surface area contributed by atoms with Crippen molar-refractivity contribution in [2.75, 3.05) is 33.7 Å². The van der Waals surface area contributed by atoms with E-state index in [4.69, 9.17) is 5.73 Å². The predicted octanol–water partition coefficient (Wildman–Crippen LogP) is 3.05. The molecule has 1 aromatic carbocycles. The quantitative estimate of drug-likeness (QED) is 0.759. The third kappa shape index (κ3) is 5.77. The lowest BCUT2D eigenvalue weighted by molar-refractivity contribution is 0.155. The highest BCUT2D eigenvalue weighted by atomic mass is 15.2. The van der Waals surface area contributed by atoms with E-state index < -0.39 is 0 Å². The minimum Gasteiger partial charge on any atom is -0.326 e. The van der Waals surface area contributed by atoms with Gasteiger partial charge in [0.15, 0.2) is 0 Å². The van der Waals surface area contributed by atoms with E-state index in [0.29, 0.717) is 6.04 Å². The average molecular weight is 291 g/mol. The maximum Gasteiger partial charge on any atom is 0.0499 e. The standard InChI is InChI=1S/C18H33N3/c1-6-12-21(14-13-20(4)5)18(17(19)7-2)16-10-8-15(3)9-11-16/h8-11,17-18H,6-7,12-14,19H2,1-5H3. The van der Waals surface area contributed by atoms with Crippen LogP contribution in [-0.4, -0.2) is 49.6 Å². The number of nitrogens with zero attached hydrogens (tertiary/aromatic N) is 2. The summed E-state index contributed by atoms with van der Waals surface area (Å²) in [5.41, 5.74) is 9.12. The first-order chi connectivity index (χ1) is 9.99. The number of likely N-dealkylation sites (N-methyl/N-ethyl adjacent to an activating group) is 1. The molecule has 0 fully saturated rings. The number of hydrogen-bond donors (Lipinski definition) is 1. The van der Waals surface area contributed by atoms with Crippen LogP contribution < -0.4 is 5.73 Å². The van der Waals surface area contributed by atoms with E-state index in [2.05, 4.69) is 68.9 Å². The Labute approximate surface area is 131 Å². The molecular formula is C18H33N3. The maximum atomic E-state index is 6.47. The first-order valence-corrected chi connectivity index (χ1v) is 8.20. The minimum absolute atomic E-state index is 0.182. The van der Waals surface area contributed by atoms with E-state index in [9.17, 15) is 0 Å². The largest absolute Gasteiger partial charge is 0.326 e. The molecule has 0 radical (unpaired) electrons. The van der Waals surface area contributed by atoms with E-state index in [1.54, 1.807) is 0 Å². The van der Waals surface area contributed by atoms with Gasteiger partial charge in [-0.15, -0.1) is 0 Å². The second-order valence-electron chi connectivity index (χ2n) is 6.27. The Balaban J connectivity index is 2.98. The summed E-state index contributed by atoms with van der Waals surface area (Å²) in [5, 5.41) is 0. The zero-order valence-corrected chi connectivity index (χ0v) is 14.5. The Morgan fingerprint density at radius 1 is 1.00 bits per heavy atom. The van der Waals surface area contributed by atoms with Crippen molar-refractivity contribution in [3.8, 4) is 0 Å². The molecule has 0 amide bonds. The first-order valence-electron chi connectivity index (χ1n) is 8.20. The molecule has 0 saturated carbocycles. The van der Waals surface area contributed by atoms with Gasteiger partial charge in [-0.05, 0) is 46.0 Å². The second kappa shape index (κ2) is 9.19. The van der Waals surface area contributed by atoms with Crippen LogP contribution in [0.3, 0.4) is 0 Å². The lowest BCUT2D eigenvalue weighted by atomic mass is 9.95. The van der Waals surface area contributed by atoms with Crippen LogP contribution in [0.15, 0.2) is 24.3 Å². The number of rotatable bonds is 9. The van der Waals surface area contributed by atoms with Crippen LogP contribution in [0, 0.1) is 6.92 Å². The Hall–Kier alpha value is -0.900. The van der Waals surface area contributed by atoms with Crippen LogP contribution >= 0.6 is 0 Å². The van der Waals surface area contributed by atoms with Gasteiger partial charge in [-0.25, -0.2) is 0 Å². The molecule has 1 aromatic rings. The summed E-state index contributed by atoms with van der Waals surface area (Å²) in [6, 6.07) is 9.38. The van der Waals surface area contributed by atoms with Gasteiger partial charge in [0.25, 0.3) is 0 Å². The highest BCUT2D eigenvalue weighted by Gasteiger charge is 2.25. The van der Waals surface area contributed by atoms with E-state index in [0.717, 1.165) is 32.5 Å². The monoisotopic (exact) mass is 291 g/mol. The van der Waals surface area contributed by atoms with Crippen LogP contribution in [0.2, 0.25) is 0 Å². The van der Waals surface area contributed by atoms with Gasteiger partial charge in [0.05, 0.1) is 0 Å². The average Bonchev–Trinajstić information content (AvgIpc) is 2.46. The van der Waals surface area contributed by atoms with Crippen molar-refractivity contribution in [2.45, 2.75) is 45.7 Å². The molecule has 21 heavy (non-hydrogen) atoms. The molecule has 3 nitrogen and oxygen atoms in total. The fourth-order valence-electron chi connectivity index (χ4n) is 2.72. The highest BCUT2D eigenvalue weighted by Crippen LogP contribution is 2.25. The summed E-state index contributed by atoms with van der Waals surface area (Å²) < 4.78 is 0. The van der Waals surface area contributed by atoms with Crippen molar-refractivity contribution in [3.63, 3.8) is 0 Å². The molecule has 0 aromatic heterocycles. The minimum atomic E-state index is 0.182. The van der Waals surface area contributed by atoms with Crippen molar-refractivity contribution >= 4 is 0 Å². The summed E-state index contributed by atoms with van der Waals surface area (Å²) >= 11 is 0. The number of nitrogens with two attached hydrogens (primary N) is 1. The Morgan fingerprint density at radius 3 is 2.10 bits per heavy atom. The Bertz CT molecular complexity index is 386. The summed E-state index contributed by atoms with van der Waals surface area (Å²) in [4.78, 5) is 4.80. The van der Waals surface area contributed by atoms with Gasteiger partial charge >= 0.3 is 0 Å². The fraction of sp³-hybridized carbons (Fsp3) is 0.667. The summed E-state index contributed by atoms with van der Waals surface area (Å²) in [6.07, 6.45) is 2.16. The summed E-state index contributed by atoms with van der Waals surface area (Å²) in [7, 11) is 4.26. The van der Waals surface area contributed by atoms with Gasteiger partial charge < -0.3 is 10.6 Å². The van der Waals surface area contributed by atoms with E-state index in [-0.39, 0.29) is 6.04 Å². The van der Waals surface area contributed by atoms with Crippen molar-refractivity contribution in [1.29, 1.82) is 0 Å². The molecule has 0 aliphatic carbocycles. The Morgan fingerprint density at radius 2 is 1.62 bits per heavy atom. The van der Waals surface area contributed by atoms with Crippen molar-refractivity contribution in [3.05, 3.63) is 35.4 Å². The number of hydrogen-bond acceptors (Lipinski definition) is 3. The third-order valence-electron chi connectivity index (χ3n) is 4.03. The highest BCUT2D eigenvalue weighted by molar-refractivity contribution is 5.25. The zero-order chi connectivity index (χ0) is 15.8. The smallest absolute Gasteiger partial charge is 0.0499 e. The Kier molecular flexibility index (Phi) is 7.94. The molecule has 0 heterocycles. The van der Waals surface area contributed by atoms with Crippen molar-refractivity contribution in [2.24, 2.45) is 5.73 Å². The first kappa shape index (κ1) is 18.1. The number of aryl methyl sites for hydroxylation is 1. The van der Waals surface area contributed by atoms with Crippen LogP contribution in [0.4, 0.5) is 0 Å². The molecule has 0 spiro atoms. The molecule has 1 rings (SSSR count). The molecule has 2 N–H and O–H groups in total. The fourth-order valence-corrected chi connectivity index (χ4v) is 2.72. The summed E-state index contributed by atoms with van der Waals surface area (Å²) in [6.45, 7) is 9.79. The van der Waals surface area contributed by atoms with Crippen LogP contribution in [0.25, 0.3) is 0 Å². The van der Waals surface area contributed by atoms with Gasteiger partial charge in [0.1, 0.15) is 0 Å². The molecule has 0 aliphatic rings. The molecule has 0 saturated heterocycles. The van der Waals surface area contributed by atoms with E-state index in [1.165, 1.54) is 11.1 Å². The van der Waals surface area contributed by atoms with E-state index >= 15 is 0 Å². The predicted molar refractivity (Wildman–Crippen MR) is 92.6 cm³/mol. The summed E-state index contributed by atoms with van der Waals surface area (Å²) in [5.74, 6) is 0. The molecule has 0 aliphatic heterocycles. The molecule has 120 valence electrons. The number of benzene rings is 1. The van der Waals surface area contributed by atoms with Gasteiger partial charge in [-0.2, -0.15) is 0 Å².